The summed E-state index contributed by atoms with van der Waals surface area (Å²) in [6.07, 6.45) is 5.71. The van der Waals surface area contributed by atoms with Crippen molar-refractivity contribution in [3.05, 3.63) is 29.3 Å². The first kappa shape index (κ1) is 14.2. The van der Waals surface area contributed by atoms with Crippen molar-refractivity contribution in [1.82, 2.24) is 5.32 Å². The van der Waals surface area contributed by atoms with Crippen molar-refractivity contribution in [3.8, 4) is 0 Å². The Balaban J connectivity index is 2.00. The van der Waals surface area contributed by atoms with Gasteiger partial charge in [-0.2, -0.15) is 0 Å². The highest BCUT2D eigenvalue weighted by Crippen LogP contribution is 2.22. The summed E-state index contributed by atoms with van der Waals surface area (Å²) in [5.41, 5.74) is 0.220. The second-order valence-electron chi connectivity index (χ2n) is 4.99. The van der Waals surface area contributed by atoms with Gasteiger partial charge in [-0.25, -0.2) is 8.78 Å². The Bertz CT molecular complexity index is 471. The van der Waals surface area contributed by atoms with Crippen molar-refractivity contribution in [3.63, 3.8) is 0 Å². The van der Waals surface area contributed by atoms with Crippen LogP contribution in [0.25, 0.3) is 0 Å². The van der Waals surface area contributed by atoms with E-state index in [2.05, 4.69) is 10.6 Å². The normalized spacial score (nSPS) is 16.2. The molecule has 2 rings (SSSR count). The fourth-order valence-electron chi connectivity index (χ4n) is 2.35. The van der Waals surface area contributed by atoms with Crippen molar-refractivity contribution < 1.29 is 8.78 Å². The average Bonchev–Trinajstić information content (AvgIpc) is 2.40. The molecule has 0 spiro atoms. The summed E-state index contributed by atoms with van der Waals surface area (Å²) in [4.78, 5) is 0. The van der Waals surface area contributed by atoms with E-state index in [9.17, 15) is 8.78 Å². The van der Waals surface area contributed by atoms with Crippen molar-refractivity contribution in [2.45, 2.75) is 45.1 Å². The maximum Gasteiger partial charge on any atom is 0.171 e. The molecule has 0 atom stereocenters. The lowest BCUT2D eigenvalue weighted by atomic mass is 9.96. The Hall–Kier alpha value is -1.23. The van der Waals surface area contributed by atoms with Gasteiger partial charge in [-0.05, 0) is 43.6 Å². The predicted molar refractivity (Wildman–Crippen MR) is 77.3 cm³/mol. The molecule has 104 valence electrons. The summed E-state index contributed by atoms with van der Waals surface area (Å²) in [5.74, 6) is -1.22. The van der Waals surface area contributed by atoms with Gasteiger partial charge in [-0.15, -0.1) is 0 Å². The van der Waals surface area contributed by atoms with Gasteiger partial charge >= 0.3 is 0 Å². The van der Waals surface area contributed by atoms with Gasteiger partial charge in [0.05, 0.1) is 0 Å². The number of anilines is 1. The lowest BCUT2D eigenvalue weighted by Crippen LogP contribution is -2.39. The zero-order valence-corrected chi connectivity index (χ0v) is 11.7. The lowest BCUT2D eigenvalue weighted by molar-refractivity contribution is 0.414. The Morgan fingerprint density at radius 2 is 1.89 bits per heavy atom. The topological polar surface area (TPSA) is 24.1 Å². The van der Waals surface area contributed by atoms with E-state index in [-0.39, 0.29) is 10.8 Å². The third-order valence-corrected chi connectivity index (χ3v) is 3.68. The number of aryl methyl sites for hydroxylation is 1. The van der Waals surface area contributed by atoms with Crippen LogP contribution in [0.2, 0.25) is 0 Å². The monoisotopic (exact) mass is 284 g/mol. The van der Waals surface area contributed by atoms with E-state index in [4.69, 9.17) is 12.2 Å². The molecule has 1 fully saturated rings. The van der Waals surface area contributed by atoms with Crippen LogP contribution < -0.4 is 10.6 Å². The second kappa shape index (κ2) is 6.28. The van der Waals surface area contributed by atoms with Crippen LogP contribution >= 0.6 is 12.2 Å². The summed E-state index contributed by atoms with van der Waals surface area (Å²) < 4.78 is 27.4. The molecular formula is C14H18F2N2S. The summed E-state index contributed by atoms with van der Waals surface area (Å²) in [6.45, 7) is 1.59. The van der Waals surface area contributed by atoms with E-state index in [0.717, 1.165) is 12.8 Å². The van der Waals surface area contributed by atoms with Gasteiger partial charge in [-0.1, -0.05) is 25.3 Å². The molecule has 0 aromatic heterocycles. The molecule has 0 radical (unpaired) electrons. The van der Waals surface area contributed by atoms with Crippen LogP contribution in [-0.4, -0.2) is 11.2 Å². The maximum atomic E-state index is 13.8. The number of benzene rings is 1. The fraction of sp³-hybridized carbons (Fsp3) is 0.500. The Morgan fingerprint density at radius 3 is 2.58 bits per heavy atom. The highest BCUT2D eigenvalue weighted by molar-refractivity contribution is 7.80. The molecule has 1 aliphatic rings. The molecular weight excluding hydrogens is 266 g/mol. The first-order chi connectivity index (χ1) is 9.08. The summed E-state index contributed by atoms with van der Waals surface area (Å²) >= 11 is 5.12. The molecule has 5 heteroatoms. The summed E-state index contributed by atoms with van der Waals surface area (Å²) in [7, 11) is 0. The van der Waals surface area contributed by atoms with Crippen LogP contribution in [0, 0.1) is 18.6 Å². The predicted octanol–water partition coefficient (Wildman–Crippen LogP) is 3.89. The molecule has 19 heavy (non-hydrogen) atoms. The minimum absolute atomic E-state index is 0.173. The highest BCUT2D eigenvalue weighted by Gasteiger charge is 2.16. The number of hydrogen-bond donors (Lipinski definition) is 2. The molecule has 0 unspecified atom stereocenters. The number of thiocarbonyl (C=S) groups is 1. The number of rotatable bonds is 2. The minimum Gasteiger partial charge on any atom is -0.360 e. The Kier molecular flexibility index (Phi) is 4.69. The van der Waals surface area contributed by atoms with Crippen molar-refractivity contribution >= 4 is 23.0 Å². The molecule has 0 bridgehead atoms. The molecule has 0 amide bonds. The van der Waals surface area contributed by atoms with Gasteiger partial charge in [0.1, 0.15) is 11.5 Å². The average molecular weight is 284 g/mol. The Morgan fingerprint density at radius 1 is 1.21 bits per heavy atom. The van der Waals surface area contributed by atoms with Gasteiger partial charge in [0.15, 0.2) is 10.9 Å². The largest absolute Gasteiger partial charge is 0.360 e. The van der Waals surface area contributed by atoms with Crippen LogP contribution in [0.5, 0.6) is 0 Å². The standard InChI is InChI=1S/C14H18F2N2S/c1-9-7-8-11(15)13(12(9)16)18-14(19)17-10-5-3-2-4-6-10/h7-8,10H,2-6H2,1H3,(H2,17,18,19). The smallest absolute Gasteiger partial charge is 0.171 e. The van der Waals surface area contributed by atoms with Crippen molar-refractivity contribution in [2.24, 2.45) is 0 Å². The molecule has 2 N–H and O–H groups in total. The van der Waals surface area contributed by atoms with E-state index < -0.39 is 11.6 Å². The van der Waals surface area contributed by atoms with Gasteiger partial charge in [0.25, 0.3) is 0 Å². The van der Waals surface area contributed by atoms with Crippen LogP contribution in [0.15, 0.2) is 12.1 Å². The van der Waals surface area contributed by atoms with Crippen LogP contribution in [0.3, 0.4) is 0 Å². The van der Waals surface area contributed by atoms with Crippen LogP contribution in [0.1, 0.15) is 37.7 Å². The molecule has 1 aromatic carbocycles. The minimum atomic E-state index is -0.629. The van der Waals surface area contributed by atoms with Crippen molar-refractivity contribution in [1.29, 1.82) is 0 Å². The maximum absolute atomic E-state index is 13.8. The molecule has 2 nitrogen and oxygen atoms in total. The molecule has 0 aliphatic heterocycles. The quantitative estimate of drug-likeness (QED) is 0.806. The third-order valence-electron chi connectivity index (χ3n) is 3.46. The SMILES string of the molecule is Cc1ccc(F)c(NC(=S)NC2CCCCC2)c1F. The van der Waals surface area contributed by atoms with E-state index in [1.165, 1.54) is 31.4 Å². The summed E-state index contributed by atoms with van der Waals surface area (Å²) in [6, 6.07) is 2.96. The first-order valence-electron chi connectivity index (χ1n) is 6.60. The zero-order valence-electron chi connectivity index (χ0n) is 10.9. The van der Waals surface area contributed by atoms with E-state index in [1.54, 1.807) is 6.92 Å². The van der Waals surface area contributed by atoms with Crippen LogP contribution in [-0.2, 0) is 0 Å². The molecule has 1 aliphatic carbocycles. The van der Waals surface area contributed by atoms with E-state index >= 15 is 0 Å². The van der Waals surface area contributed by atoms with Gasteiger partial charge in [0.2, 0.25) is 0 Å². The van der Waals surface area contributed by atoms with Crippen molar-refractivity contribution in [2.75, 3.05) is 5.32 Å². The number of hydrogen-bond acceptors (Lipinski definition) is 1. The lowest BCUT2D eigenvalue weighted by Gasteiger charge is -2.24. The second-order valence-corrected chi connectivity index (χ2v) is 5.39. The van der Waals surface area contributed by atoms with Gasteiger partial charge in [0, 0.05) is 6.04 Å². The molecule has 1 aromatic rings. The number of nitrogens with one attached hydrogen (secondary N) is 2. The third kappa shape index (κ3) is 3.62. The molecule has 0 saturated heterocycles. The van der Waals surface area contributed by atoms with Gasteiger partial charge in [-0.3, -0.25) is 0 Å². The highest BCUT2D eigenvalue weighted by atomic mass is 32.1. The van der Waals surface area contributed by atoms with Crippen LogP contribution in [0.4, 0.5) is 14.5 Å². The zero-order chi connectivity index (χ0) is 13.8. The molecule has 1 saturated carbocycles. The van der Waals surface area contributed by atoms with E-state index in [1.807, 2.05) is 0 Å². The fourth-order valence-corrected chi connectivity index (χ4v) is 2.62. The summed E-state index contributed by atoms with van der Waals surface area (Å²) in [5, 5.41) is 6.05. The van der Waals surface area contributed by atoms with E-state index in [0.29, 0.717) is 11.6 Å². The Labute approximate surface area is 117 Å². The first-order valence-corrected chi connectivity index (χ1v) is 7.01. The molecule has 0 heterocycles. The number of halogens is 2. The van der Waals surface area contributed by atoms with Gasteiger partial charge < -0.3 is 10.6 Å².